The van der Waals surface area contributed by atoms with Crippen LogP contribution in [0.15, 0.2) is 29.0 Å². The minimum Gasteiger partial charge on any atom is -0.491 e. The molecule has 0 amide bonds. The molecule has 0 aliphatic carbocycles. The fourth-order valence-electron chi connectivity index (χ4n) is 1.95. The van der Waals surface area contributed by atoms with Crippen molar-refractivity contribution >= 4 is 11.3 Å². The zero-order chi connectivity index (χ0) is 14.9. The highest BCUT2D eigenvalue weighted by atomic mass is 32.1. The van der Waals surface area contributed by atoms with Crippen LogP contribution in [-0.4, -0.2) is 31.9 Å². The highest BCUT2D eigenvalue weighted by molar-refractivity contribution is 7.07. The van der Waals surface area contributed by atoms with E-state index in [9.17, 15) is 0 Å². The zero-order valence-corrected chi connectivity index (χ0v) is 13.4. The number of methoxy groups -OCH3 is 1. The predicted molar refractivity (Wildman–Crippen MR) is 86.1 cm³/mol. The fraction of sp³-hybridized carbons (Fsp3) is 0.438. The van der Waals surface area contributed by atoms with Crippen molar-refractivity contribution in [3.63, 3.8) is 0 Å². The molecule has 0 saturated heterocycles. The van der Waals surface area contributed by atoms with Crippen LogP contribution in [-0.2, 0) is 17.7 Å². The highest BCUT2D eigenvalue weighted by Crippen LogP contribution is 2.17. The average Bonchev–Trinajstić information content (AvgIpc) is 2.99. The molecule has 0 aromatic carbocycles. The van der Waals surface area contributed by atoms with Gasteiger partial charge in [-0.1, -0.05) is 0 Å². The van der Waals surface area contributed by atoms with Gasteiger partial charge in [0.2, 0.25) is 0 Å². The number of pyridine rings is 1. The summed E-state index contributed by atoms with van der Waals surface area (Å²) in [6, 6.07) is 6.12. The van der Waals surface area contributed by atoms with E-state index in [1.165, 1.54) is 5.56 Å². The molecule has 5 heteroatoms. The normalized spacial score (nSPS) is 10.8. The molecule has 2 rings (SSSR count). The largest absolute Gasteiger partial charge is 0.491 e. The van der Waals surface area contributed by atoms with Gasteiger partial charge in [0.15, 0.2) is 0 Å². The summed E-state index contributed by atoms with van der Waals surface area (Å²) in [4.78, 5) is 4.56. The third-order valence-corrected chi connectivity index (χ3v) is 3.81. The number of nitrogens with one attached hydrogen (secondary N) is 1. The summed E-state index contributed by atoms with van der Waals surface area (Å²) in [5, 5.41) is 7.56. The van der Waals surface area contributed by atoms with Crippen molar-refractivity contribution in [3.8, 4) is 5.75 Å². The molecule has 1 N–H and O–H groups in total. The molecule has 0 aliphatic heterocycles. The van der Waals surface area contributed by atoms with Crippen molar-refractivity contribution in [1.29, 1.82) is 0 Å². The van der Waals surface area contributed by atoms with Crippen LogP contribution in [0.3, 0.4) is 0 Å². The van der Waals surface area contributed by atoms with Gasteiger partial charge >= 0.3 is 0 Å². The Hall–Kier alpha value is -1.43. The van der Waals surface area contributed by atoms with Gasteiger partial charge in [-0.25, -0.2) is 0 Å². The van der Waals surface area contributed by atoms with Gasteiger partial charge < -0.3 is 14.8 Å². The summed E-state index contributed by atoms with van der Waals surface area (Å²) in [5.41, 5.74) is 3.28. The Morgan fingerprint density at radius 2 is 2.14 bits per heavy atom. The molecule has 0 spiro atoms. The highest BCUT2D eigenvalue weighted by Gasteiger charge is 2.06. The number of thiophene rings is 1. The van der Waals surface area contributed by atoms with Gasteiger partial charge in [-0.2, -0.15) is 11.3 Å². The maximum absolute atomic E-state index is 5.89. The van der Waals surface area contributed by atoms with Crippen LogP contribution in [0, 0.1) is 6.92 Å². The quantitative estimate of drug-likeness (QED) is 0.724. The summed E-state index contributed by atoms with van der Waals surface area (Å²) < 4.78 is 10.9. The zero-order valence-electron chi connectivity index (χ0n) is 12.6. The number of ether oxygens (including phenoxy) is 2. The maximum Gasteiger partial charge on any atom is 0.142 e. The van der Waals surface area contributed by atoms with Gasteiger partial charge in [-0.15, -0.1) is 0 Å². The summed E-state index contributed by atoms with van der Waals surface area (Å²) in [5.74, 6) is 0.862. The van der Waals surface area contributed by atoms with E-state index >= 15 is 0 Å². The van der Waals surface area contributed by atoms with E-state index in [1.54, 1.807) is 18.4 Å². The van der Waals surface area contributed by atoms with Gasteiger partial charge in [0.1, 0.15) is 5.75 Å². The second-order valence-electron chi connectivity index (χ2n) is 4.80. The van der Waals surface area contributed by atoms with Crippen LogP contribution in [0.1, 0.15) is 17.0 Å². The smallest absolute Gasteiger partial charge is 0.142 e. The van der Waals surface area contributed by atoms with Crippen molar-refractivity contribution in [3.05, 3.63) is 45.9 Å². The van der Waals surface area contributed by atoms with E-state index in [4.69, 9.17) is 9.47 Å². The summed E-state index contributed by atoms with van der Waals surface area (Å²) >= 11 is 1.72. The maximum atomic E-state index is 5.89. The fourth-order valence-corrected chi connectivity index (χ4v) is 2.65. The molecule has 0 atom stereocenters. The van der Waals surface area contributed by atoms with E-state index in [-0.39, 0.29) is 0 Å². The minimum absolute atomic E-state index is 0.673. The number of rotatable bonds is 9. The first-order valence-corrected chi connectivity index (χ1v) is 8.04. The van der Waals surface area contributed by atoms with Crippen molar-refractivity contribution < 1.29 is 9.47 Å². The Morgan fingerprint density at radius 3 is 2.90 bits per heavy atom. The van der Waals surface area contributed by atoms with E-state index in [1.807, 2.05) is 19.1 Å². The van der Waals surface area contributed by atoms with Crippen LogP contribution in [0.2, 0.25) is 0 Å². The topological polar surface area (TPSA) is 43.4 Å². The number of hydrogen-bond donors (Lipinski definition) is 1. The summed E-state index contributed by atoms with van der Waals surface area (Å²) in [6.45, 7) is 4.86. The number of hydrogen-bond acceptors (Lipinski definition) is 5. The van der Waals surface area contributed by atoms with Crippen molar-refractivity contribution in [2.24, 2.45) is 0 Å². The van der Waals surface area contributed by atoms with E-state index in [2.05, 4.69) is 27.1 Å². The second kappa shape index (κ2) is 8.77. The predicted octanol–water partition coefficient (Wildman–Crippen LogP) is 2.81. The van der Waals surface area contributed by atoms with Gasteiger partial charge in [-0.05, 0) is 41.4 Å². The van der Waals surface area contributed by atoms with E-state index in [0.29, 0.717) is 19.8 Å². The lowest BCUT2D eigenvalue weighted by Gasteiger charge is -2.12. The number of aromatic nitrogens is 1. The molecule has 2 heterocycles. The molecule has 0 fully saturated rings. The Balaban J connectivity index is 1.87. The Labute approximate surface area is 130 Å². The van der Waals surface area contributed by atoms with Crippen LogP contribution in [0.4, 0.5) is 0 Å². The first-order valence-electron chi connectivity index (χ1n) is 7.09. The lowest BCUT2D eigenvalue weighted by molar-refractivity contribution is 0.199. The van der Waals surface area contributed by atoms with Crippen LogP contribution in [0.25, 0.3) is 0 Å². The standard InChI is InChI=1S/C16H22N2O2S/c1-13-3-4-16(15(18-13)11-17-7-9-19-2)20-8-5-14-6-10-21-12-14/h3-4,6,10,12,17H,5,7-9,11H2,1-2H3. The molecule has 114 valence electrons. The first kappa shape index (κ1) is 15.9. The molecule has 2 aromatic heterocycles. The van der Waals surface area contributed by atoms with Gasteiger partial charge in [-0.3, -0.25) is 4.98 Å². The van der Waals surface area contributed by atoms with Crippen LogP contribution in [0.5, 0.6) is 5.75 Å². The molecule has 21 heavy (non-hydrogen) atoms. The van der Waals surface area contributed by atoms with Crippen molar-refractivity contribution in [2.45, 2.75) is 19.9 Å². The Bertz CT molecular complexity index is 529. The molecular weight excluding hydrogens is 284 g/mol. The van der Waals surface area contributed by atoms with Crippen LogP contribution >= 0.6 is 11.3 Å². The minimum atomic E-state index is 0.673. The third-order valence-electron chi connectivity index (χ3n) is 3.08. The summed E-state index contributed by atoms with van der Waals surface area (Å²) in [7, 11) is 1.70. The SMILES string of the molecule is COCCNCc1nc(C)ccc1OCCc1ccsc1. The monoisotopic (exact) mass is 306 g/mol. The molecule has 0 aliphatic rings. The molecule has 0 bridgehead atoms. The molecular formula is C16H22N2O2S. The number of aryl methyl sites for hydroxylation is 1. The van der Waals surface area contributed by atoms with E-state index in [0.717, 1.165) is 30.1 Å². The van der Waals surface area contributed by atoms with Gasteiger partial charge in [0.25, 0.3) is 0 Å². The number of nitrogens with zero attached hydrogens (tertiary/aromatic N) is 1. The van der Waals surface area contributed by atoms with E-state index < -0.39 is 0 Å². The van der Waals surface area contributed by atoms with Crippen molar-refractivity contribution in [2.75, 3.05) is 26.9 Å². The molecule has 4 nitrogen and oxygen atoms in total. The second-order valence-corrected chi connectivity index (χ2v) is 5.58. The lowest BCUT2D eigenvalue weighted by Crippen LogP contribution is -2.20. The lowest BCUT2D eigenvalue weighted by atomic mass is 10.2. The van der Waals surface area contributed by atoms with Crippen molar-refractivity contribution in [1.82, 2.24) is 10.3 Å². The van der Waals surface area contributed by atoms with Gasteiger partial charge in [0.05, 0.1) is 18.9 Å². The summed E-state index contributed by atoms with van der Waals surface area (Å²) in [6.07, 6.45) is 0.925. The average molecular weight is 306 g/mol. The Morgan fingerprint density at radius 1 is 1.24 bits per heavy atom. The van der Waals surface area contributed by atoms with Gasteiger partial charge in [0, 0.05) is 32.3 Å². The molecule has 0 saturated carbocycles. The van der Waals surface area contributed by atoms with Crippen LogP contribution < -0.4 is 10.1 Å². The molecule has 2 aromatic rings. The third kappa shape index (κ3) is 5.46. The molecule has 0 radical (unpaired) electrons. The Kier molecular flexibility index (Phi) is 6.66. The first-order chi connectivity index (χ1) is 10.3. The molecule has 0 unspecified atom stereocenters.